The molecule has 2 aliphatic heterocycles. The lowest BCUT2D eigenvalue weighted by Gasteiger charge is -2.23. The summed E-state index contributed by atoms with van der Waals surface area (Å²) < 4.78 is 14.1. The van der Waals surface area contributed by atoms with Crippen LogP contribution < -0.4 is 21.3 Å². The molecule has 0 spiro atoms. The Morgan fingerprint density at radius 2 is 1.97 bits per heavy atom. The van der Waals surface area contributed by atoms with Crippen LogP contribution in [0, 0.1) is 5.92 Å². The first-order chi connectivity index (χ1) is 15.1. The Kier molecular flexibility index (Phi) is 7.63. The molecule has 1 saturated heterocycles. The SMILES string of the molecule is NC(=O)C1CC2CN1CCNCOC1CCCC1CCCCCn1c(cccc1=O)O2. The number of nitrogens with two attached hydrogens (primary N) is 1. The summed E-state index contributed by atoms with van der Waals surface area (Å²) in [6.07, 6.45) is 8.73. The van der Waals surface area contributed by atoms with Crippen molar-refractivity contribution < 1.29 is 14.3 Å². The maximum absolute atomic E-state index is 12.5. The van der Waals surface area contributed by atoms with Gasteiger partial charge < -0.3 is 15.2 Å². The minimum absolute atomic E-state index is 0.0401. The van der Waals surface area contributed by atoms with E-state index in [0.717, 1.165) is 32.2 Å². The number of hydrogen-bond donors (Lipinski definition) is 2. The second-order valence-corrected chi connectivity index (χ2v) is 9.13. The van der Waals surface area contributed by atoms with Crippen LogP contribution in [0.25, 0.3) is 0 Å². The maximum atomic E-state index is 12.5. The van der Waals surface area contributed by atoms with E-state index < -0.39 is 0 Å². The molecule has 0 aromatic carbocycles. The van der Waals surface area contributed by atoms with Crippen molar-refractivity contribution in [3.8, 4) is 5.88 Å². The van der Waals surface area contributed by atoms with Crippen LogP contribution >= 0.6 is 0 Å². The van der Waals surface area contributed by atoms with Gasteiger partial charge in [-0.15, -0.1) is 0 Å². The summed E-state index contributed by atoms with van der Waals surface area (Å²) in [5.74, 6) is 0.899. The second kappa shape index (κ2) is 10.6. The number of carbonyl (C=O) groups is 1. The van der Waals surface area contributed by atoms with Gasteiger partial charge in [0, 0.05) is 38.7 Å². The number of pyridine rings is 1. The summed E-state index contributed by atoms with van der Waals surface area (Å²) in [6, 6.07) is 4.82. The molecular formula is C23H36N4O4. The van der Waals surface area contributed by atoms with Crippen molar-refractivity contribution in [1.82, 2.24) is 14.8 Å². The topological polar surface area (TPSA) is 98.8 Å². The standard InChI is InChI=1S/C23H36N4O4/c24-23(29)19-14-18-15-26(19)13-11-25-16-30-20-8-4-7-17(20)6-2-1-3-12-27-21(28)9-5-10-22(27)31-18/h5,9-10,17-20,25H,1-4,6-8,11-16H2,(H2,24,29). The van der Waals surface area contributed by atoms with E-state index in [1.165, 1.54) is 19.3 Å². The third kappa shape index (κ3) is 5.67. The third-order valence-corrected chi connectivity index (χ3v) is 7.01. The van der Waals surface area contributed by atoms with Crippen LogP contribution in [0.5, 0.6) is 5.88 Å². The molecule has 5 atom stereocenters. The summed E-state index contributed by atoms with van der Waals surface area (Å²) in [5, 5.41) is 3.37. The highest BCUT2D eigenvalue weighted by atomic mass is 16.5. The fourth-order valence-corrected chi connectivity index (χ4v) is 5.35. The van der Waals surface area contributed by atoms with Gasteiger partial charge in [0.2, 0.25) is 5.91 Å². The quantitative estimate of drug-likeness (QED) is 0.697. The summed E-state index contributed by atoms with van der Waals surface area (Å²) in [6.45, 7) is 3.24. The van der Waals surface area contributed by atoms with Crippen molar-refractivity contribution in [2.45, 2.75) is 76.2 Å². The number of fused-ring (bicyclic) bond motifs is 4. The van der Waals surface area contributed by atoms with Crippen LogP contribution in [0.1, 0.15) is 51.4 Å². The Hall–Kier alpha value is -1.90. The zero-order valence-corrected chi connectivity index (χ0v) is 18.3. The van der Waals surface area contributed by atoms with Crippen molar-refractivity contribution in [2.75, 3.05) is 26.4 Å². The van der Waals surface area contributed by atoms with Crippen LogP contribution in [0.2, 0.25) is 0 Å². The highest BCUT2D eigenvalue weighted by Gasteiger charge is 2.37. The number of carbonyl (C=O) groups excluding carboxylic acids is 1. The van der Waals surface area contributed by atoms with E-state index in [2.05, 4.69) is 10.2 Å². The number of rotatable bonds is 1. The van der Waals surface area contributed by atoms with Crippen LogP contribution in [0.15, 0.2) is 23.0 Å². The maximum Gasteiger partial charge on any atom is 0.253 e. The lowest BCUT2D eigenvalue weighted by atomic mass is 9.98. The fraction of sp³-hybridized carbons (Fsp3) is 0.739. The van der Waals surface area contributed by atoms with Gasteiger partial charge in [0.05, 0.1) is 18.9 Å². The number of hydrogen-bond acceptors (Lipinski definition) is 6. The fourth-order valence-electron chi connectivity index (χ4n) is 5.35. The summed E-state index contributed by atoms with van der Waals surface area (Å²) in [5.41, 5.74) is 5.62. The molecule has 1 aliphatic carbocycles. The molecule has 3 heterocycles. The average Bonchev–Trinajstić information content (AvgIpc) is 3.35. The minimum Gasteiger partial charge on any atom is -0.474 e. The molecular weight excluding hydrogens is 396 g/mol. The number of primary amides is 1. The summed E-state index contributed by atoms with van der Waals surface area (Å²) >= 11 is 0. The third-order valence-electron chi connectivity index (χ3n) is 7.01. The molecule has 4 rings (SSSR count). The zero-order chi connectivity index (χ0) is 21.6. The molecule has 1 aromatic rings. The van der Waals surface area contributed by atoms with E-state index in [-0.39, 0.29) is 23.6 Å². The highest BCUT2D eigenvalue weighted by molar-refractivity contribution is 5.80. The molecule has 1 amide bonds. The van der Waals surface area contributed by atoms with Gasteiger partial charge in [-0.05, 0) is 37.7 Å². The Morgan fingerprint density at radius 3 is 2.84 bits per heavy atom. The van der Waals surface area contributed by atoms with E-state index in [9.17, 15) is 9.59 Å². The number of aromatic nitrogens is 1. The highest BCUT2D eigenvalue weighted by Crippen LogP contribution is 2.32. The smallest absolute Gasteiger partial charge is 0.253 e. The van der Waals surface area contributed by atoms with E-state index in [0.29, 0.717) is 50.7 Å². The van der Waals surface area contributed by atoms with Crippen molar-refractivity contribution in [3.63, 3.8) is 0 Å². The van der Waals surface area contributed by atoms with Crippen LogP contribution in [0.4, 0.5) is 0 Å². The largest absolute Gasteiger partial charge is 0.474 e. The van der Waals surface area contributed by atoms with Crippen molar-refractivity contribution >= 4 is 5.91 Å². The minimum atomic E-state index is -0.349. The number of ether oxygens (including phenoxy) is 2. The zero-order valence-electron chi connectivity index (χ0n) is 18.3. The molecule has 2 fully saturated rings. The van der Waals surface area contributed by atoms with Crippen LogP contribution in [-0.2, 0) is 16.1 Å². The van der Waals surface area contributed by atoms with E-state index in [4.69, 9.17) is 15.2 Å². The predicted octanol–water partition coefficient (Wildman–Crippen LogP) is 1.46. The van der Waals surface area contributed by atoms with E-state index in [1.54, 1.807) is 16.7 Å². The van der Waals surface area contributed by atoms with Gasteiger partial charge in [-0.2, -0.15) is 0 Å². The van der Waals surface area contributed by atoms with Crippen molar-refractivity contribution in [1.29, 1.82) is 0 Å². The summed E-state index contributed by atoms with van der Waals surface area (Å²) in [7, 11) is 0. The molecule has 3 N–H and O–H groups in total. The van der Waals surface area contributed by atoms with Crippen LogP contribution in [0.3, 0.4) is 0 Å². The summed E-state index contributed by atoms with van der Waals surface area (Å²) in [4.78, 5) is 26.6. The lowest BCUT2D eigenvalue weighted by molar-refractivity contribution is -0.122. The van der Waals surface area contributed by atoms with Gasteiger partial charge in [0.15, 0.2) is 5.88 Å². The molecule has 3 aliphatic rings. The molecule has 1 aromatic heterocycles. The molecule has 0 radical (unpaired) electrons. The average molecular weight is 433 g/mol. The van der Waals surface area contributed by atoms with Crippen LogP contribution in [-0.4, -0.2) is 60.0 Å². The van der Waals surface area contributed by atoms with Gasteiger partial charge in [-0.25, -0.2) is 0 Å². The normalized spacial score (nSPS) is 32.8. The van der Waals surface area contributed by atoms with Crippen molar-refractivity contribution in [3.05, 3.63) is 28.6 Å². The molecule has 8 heteroatoms. The van der Waals surface area contributed by atoms with Crippen molar-refractivity contribution in [2.24, 2.45) is 11.7 Å². The Bertz CT molecular complexity index is 798. The number of nitrogens with zero attached hydrogens (tertiary/aromatic N) is 2. The first-order valence-electron chi connectivity index (χ1n) is 11.8. The van der Waals surface area contributed by atoms with Gasteiger partial charge in [-0.1, -0.05) is 25.3 Å². The van der Waals surface area contributed by atoms with Gasteiger partial charge >= 0.3 is 0 Å². The van der Waals surface area contributed by atoms with Gasteiger partial charge in [0.1, 0.15) is 6.10 Å². The number of nitrogens with one attached hydrogen (secondary N) is 1. The second-order valence-electron chi connectivity index (χ2n) is 9.13. The molecule has 8 nitrogen and oxygen atoms in total. The van der Waals surface area contributed by atoms with Gasteiger partial charge in [0.25, 0.3) is 5.56 Å². The number of amides is 1. The van der Waals surface area contributed by atoms with E-state index in [1.807, 2.05) is 6.07 Å². The monoisotopic (exact) mass is 432 g/mol. The molecule has 31 heavy (non-hydrogen) atoms. The molecule has 5 unspecified atom stereocenters. The Labute approximate surface area is 184 Å². The molecule has 172 valence electrons. The van der Waals surface area contributed by atoms with Gasteiger partial charge in [-0.3, -0.25) is 24.4 Å². The Morgan fingerprint density at radius 1 is 1.10 bits per heavy atom. The predicted molar refractivity (Wildman–Crippen MR) is 118 cm³/mol. The van der Waals surface area contributed by atoms with E-state index >= 15 is 0 Å². The Balaban J connectivity index is 1.48. The lowest BCUT2D eigenvalue weighted by Crippen LogP contribution is -2.43. The molecule has 1 saturated carbocycles. The first-order valence-corrected chi connectivity index (χ1v) is 11.8. The molecule has 2 bridgehead atoms. The first kappa shape index (κ1) is 22.3.